The summed E-state index contributed by atoms with van der Waals surface area (Å²) in [6.07, 6.45) is 1.29. The highest BCUT2D eigenvalue weighted by molar-refractivity contribution is 4.96. The summed E-state index contributed by atoms with van der Waals surface area (Å²) in [6, 6.07) is 1.45. The van der Waals surface area contributed by atoms with Crippen LogP contribution in [0.1, 0.15) is 12.1 Å². The minimum absolute atomic E-state index is 0.237. The Balaban J connectivity index is 1.99. The molecule has 0 aliphatic carbocycles. The fourth-order valence-electron chi connectivity index (χ4n) is 2.28. The molecule has 6 nitrogen and oxygen atoms in total. The Bertz CT molecular complexity index is 489. The number of ether oxygens (including phenoxy) is 1. The number of aromatic nitrogens is 2. The van der Waals surface area contributed by atoms with Gasteiger partial charge in [-0.3, -0.25) is 14.3 Å². The standard InChI is InChI=1S/C12H19N3O3/c1-9-7-11(16)15(12(17)13-9)6-5-14-4-3-10(8-14)18-2/h7,10H,3-6,8H2,1-2H3,(H,13,17)/t10-/m1/s1. The molecule has 2 heterocycles. The molecule has 2 rings (SSSR count). The largest absolute Gasteiger partial charge is 0.380 e. The summed E-state index contributed by atoms with van der Waals surface area (Å²) in [6.45, 7) is 4.65. The lowest BCUT2D eigenvalue weighted by Gasteiger charge is -2.15. The van der Waals surface area contributed by atoms with Crippen LogP contribution in [0.15, 0.2) is 15.7 Å². The molecule has 1 N–H and O–H groups in total. The number of hydrogen-bond donors (Lipinski definition) is 1. The van der Waals surface area contributed by atoms with Crippen molar-refractivity contribution in [2.75, 3.05) is 26.7 Å². The van der Waals surface area contributed by atoms with Gasteiger partial charge in [0.2, 0.25) is 0 Å². The van der Waals surface area contributed by atoms with Gasteiger partial charge in [0.05, 0.1) is 6.10 Å². The second-order valence-electron chi connectivity index (χ2n) is 4.69. The van der Waals surface area contributed by atoms with Crippen LogP contribution in [0, 0.1) is 6.92 Å². The van der Waals surface area contributed by atoms with Crippen molar-refractivity contribution in [3.63, 3.8) is 0 Å². The van der Waals surface area contributed by atoms with Crippen LogP contribution in [0.3, 0.4) is 0 Å². The van der Waals surface area contributed by atoms with Gasteiger partial charge in [-0.05, 0) is 13.3 Å². The highest BCUT2D eigenvalue weighted by Gasteiger charge is 2.21. The van der Waals surface area contributed by atoms with Crippen LogP contribution in [0.5, 0.6) is 0 Å². The van der Waals surface area contributed by atoms with Gasteiger partial charge in [0.25, 0.3) is 5.56 Å². The number of rotatable bonds is 4. The van der Waals surface area contributed by atoms with E-state index in [0.717, 1.165) is 19.5 Å². The molecule has 0 spiro atoms. The molecule has 18 heavy (non-hydrogen) atoms. The third-order valence-electron chi connectivity index (χ3n) is 3.36. The molecule has 0 amide bonds. The molecule has 1 saturated heterocycles. The zero-order chi connectivity index (χ0) is 13.1. The van der Waals surface area contributed by atoms with E-state index in [1.54, 1.807) is 14.0 Å². The van der Waals surface area contributed by atoms with E-state index in [9.17, 15) is 9.59 Å². The van der Waals surface area contributed by atoms with Crippen molar-refractivity contribution >= 4 is 0 Å². The minimum Gasteiger partial charge on any atom is -0.380 e. The van der Waals surface area contributed by atoms with Crippen molar-refractivity contribution < 1.29 is 4.74 Å². The summed E-state index contributed by atoms with van der Waals surface area (Å²) in [5, 5.41) is 0. The van der Waals surface area contributed by atoms with Crippen molar-refractivity contribution in [2.24, 2.45) is 0 Å². The summed E-state index contributed by atoms with van der Waals surface area (Å²) >= 11 is 0. The lowest BCUT2D eigenvalue weighted by molar-refractivity contribution is 0.107. The average Bonchev–Trinajstić information content (AvgIpc) is 2.75. The predicted molar refractivity (Wildman–Crippen MR) is 67.9 cm³/mol. The van der Waals surface area contributed by atoms with E-state index < -0.39 is 0 Å². The van der Waals surface area contributed by atoms with E-state index in [-0.39, 0.29) is 17.4 Å². The molecular weight excluding hydrogens is 234 g/mol. The van der Waals surface area contributed by atoms with Crippen LogP contribution in [0.25, 0.3) is 0 Å². The Kier molecular flexibility index (Phi) is 3.98. The van der Waals surface area contributed by atoms with Gasteiger partial charge in [0, 0.05) is 45.0 Å². The molecule has 1 aliphatic heterocycles. The molecule has 0 saturated carbocycles. The van der Waals surface area contributed by atoms with Crippen LogP contribution >= 0.6 is 0 Å². The van der Waals surface area contributed by atoms with Gasteiger partial charge in [0.1, 0.15) is 0 Å². The van der Waals surface area contributed by atoms with E-state index in [0.29, 0.717) is 18.8 Å². The maximum Gasteiger partial charge on any atom is 0.328 e. The highest BCUT2D eigenvalue weighted by Crippen LogP contribution is 2.10. The Morgan fingerprint density at radius 2 is 2.22 bits per heavy atom. The number of nitrogens with one attached hydrogen (secondary N) is 1. The number of nitrogens with zero attached hydrogens (tertiary/aromatic N) is 2. The maximum atomic E-state index is 11.7. The molecule has 6 heteroatoms. The van der Waals surface area contributed by atoms with Gasteiger partial charge >= 0.3 is 5.69 Å². The van der Waals surface area contributed by atoms with Crippen molar-refractivity contribution in [3.05, 3.63) is 32.6 Å². The van der Waals surface area contributed by atoms with Gasteiger partial charge in [-0.1, -0.05) is 0 Å². The maximum absolute atomic E-state index is 11.7. The first kappa shape index (κ1) is 13.0. The lowest BCUT2D eigenvalue weighted by Crippen LogP contribution is -2.38. The topological polar surface area (TPSA) is 67.3 Å². The third kappa shape index (κ3) is 2.88. The second-order valence-corrected chi connectivity index (χ2v) is 4.69. The Morgan fingerprint density at radius 3 is 2.83 bits per heavy atom. The molecule has 100 valence electrons. The number of aromatic amines is 1. The summed E-state index contributed by atoms with van der Waals surface area (Å²) in [5.41, 5.74) is 0.0306. The fourth-order valence-corrected chi connectivity index (χ4v) is 2.28. The summed E-state index contributed by atoms with van der Waals surface area (Å²) in [5.74, 6) is 0. The van der Waals surface area contributed by atoms with Gasteiger partial charge in [-0.2, -0.15) is 0 Å². The van der Waals surface area contributed by atoms with Crippen LogP contribution < -0.4 is 11.2 Å². The van der Waals surface area contributed by atoms with Crippen molar-refractivity contribution in [3.8, 4) is 0 Å². The third-order valence-corrected chi connectivity index (χ3v) is 3.36. The Hall–Kier alpha value is -1.40. The minimum atomic E-state index is -0.331. The van der Waals surface area contributed by atoms with Gasteiger partial charge in [-0.15, -0.1) is 0 Å². The van der Waals surface area contributed by atoms with Crippen LogP contribution in [0.4, 0.5) is 0 Å². The molecule has 0 unspecified atom stereocenters. The van der Waals surface area contributed by atoms with E-state index in [4.69, 9.17) is 4.74 Å². The van der Waals surface area contributed by atoms with Crippen molar-refractivity contribution in [2.45, 2.75) is 26.0 Å². The first-order chi connectivity index (χ1) is 8.60. The zero-order valence-corrected chi connectivity index (χ0v) is 10.8. The molecule has 1 aliphatic rings. The Labute approximate surface area is 105 Å². The normalized spacial score (nSPS) is 20.4. The second kappa shape index (κ2) is 5.49. The Morgan fingerprint density at radius 1 is 1.44 bits per heavy atom. The van der Waals surface area contributed by atoms with Crippen molar-refractivity contribution in [1.29, 1.82) is 0 Å². The summed E-state index contributed by atoms with van der Waals surface area (Å²) in [4.78, 5) is 28.2. The molecule has 0 radical (unpaired) electrons. The lowest BCUT2D eigenvalue weighted by atomic mass is 10.3. The molecule has 0 aromatic carbocycles. The van der Waals surface area contributed by atoms with E-state index in [1.807, 2.05) is 0 Å². The SMILES string of the molecule is CO[C@@H]1CCN(CCn2c(=O)cc(C)[nH]c2=O)C1. The number of likely N-dealkylation sites (tertiary alicyclic amines) is 1. The zero-order valence-electron chi connectivity index (χ0n) is 10.8. The quantitative estimate of drug-likeness (QED) is 0.790. The van der Waals surface area contributed by atoms with Crippen molar-refractivity contribution in [1.82, 2.24) is 14.5 Å². The summed E-state index contributed by atoms with van der Waals surface area (Å²) < 4.78 is 6.52. The number of aryl methyl sites for hydroxylation is 1. The molecule has 1 aromatic rings. The summed E-state index contributed by atoms with van der Waals surface area (Å²) in [7, 11) is 1.71. The fraction of sp³-hybridized carbons (Fsp3) is 0.667. The number of H-pyrrole nitrogens is 1. The smallest absolute Gasteiger partial charge is 0.328 e. The van der Waals surface area contributed by atoms with E-state index in [1.165, 1.54) is 10.6 Å². The molecule has 1 atom stereocenters. The predicted octanol–water partition coefficient (Wildman–Crippen LogP) is -0.434. The number of methoxy groups -OCH3 is 1. The molecule has 0 bridgehead atoms. The van der Waals surface area contributed by atoms with Gasteiger partial charge in [0.15, 0.2) is 0 Å². The first-order valence-electron chi connectivity index (χ1n) is 6.16. The van der Waals surface area contributed by atoms with Gasteiger partial charge < -0.3 is 9.72 Å². The molecule has 1 fully saturated rings. The average molecular weight is 253 g/mol. The van der Waals surface area contributed by atoms with Gasteiger partial charge in [-0.25, -0.2) is 4.79 Å². The first-order valence-corrected chi connectivity index (χ1v) is 6.16. The molecular formula is C12H19N3O3. The van der Waals surface area contributed by atoms with E-state index in [2.05, 4.69) is 9.88 Å². The van der Waals surface area contributed by atoms with Crippen LogP contribution in [-0.4, -0.2) is 47.3 Å². The monoisotopic (exact) mass is 253 g/mol. The highest BCUT2D eigenvalue weighted by atomic mass is 16.5. The number of hydrogen-bond acceptors (Lipinski definition) is 4. The molecule has 1 aromatic heterocycles. The van der Waals surface area contributed by atoms with E-state index >= 15 is 0 Å². The van der Waals surface area contributed by atoms with Crippen LogP contribution in [0.2, 0.25) is 0 Å². The van der Waals surface area contributed by atoms with Crippen LogP contribution in [-0.2, 0) is 11.3 Å².